The van der Waals surface area contributed by atoms with Gasteiger partial charge in [0, 0.05) is 26.2 Å². The molecule has 0 saturated carbocycles. The van der Waals surface area contributed by atoms with Crippen molar-refractivity contribution in [3.8, 4) is 0 Å². The molecule has 31 heavy (non-hydrogen) atoms. The number of amides is 1. The van der Waals surface area contributed by atoms with Gasteiger partial charge in [0.2, 0.25) is 15.9 Å². The van der Waals surface area contributed by atoms with E-state index in [0.717, 1.165) is 17.7 Å². The second kappa shape index (κ2) is 9.84. The van der Waals surface area contributed by atoms with Crippen molar-refractivity contribution in [3.63, 3.8) is 0 Å². The quantitative estimate of drug-likeness (QED) is 0.733. The molecule has 3 rings (SSSR count). The summed E-state index contributed by atoms with van der Waals surface area (Å²) in [7, 11) is -3.72. The molecule has 6 nitrogen and oxygen atoms in total. The SMILES string of the molecule is C[C@H](C(=O)N[C@H](C)c1ccc(F)cc1)N1CCCN(S(=O)(=O)c2ccc(F)cc2)CC1. The van der Waals surface area contributed by atoms with Gasteiger partial charge in [-0.1, -0.05) is 12.1 Å². The molecule has 1 heterocycles. The van der Waals surface area contributed by atoms with Gasteiger partial charge in [0.25, 0.3) is 0 Å². The standard InChI is InChI=1S/C22H27F2N3O3S/c1-16(18-4-6-19(23)7-5-18)25-22(28)17(2)26-12-3-13-27(15-14-26)31(29,30)21-10-8-20(24)9-11-21/h4-11,16-17H,3,12-15H2,1-2H3,(H,25,28)/t16-,17-/m1/s1. The molecule has 1 saturated heterocycles. The zero-order valence-corrected chi connectivity index (χ0v) is 18.4. The van der Waals surface area contributed by atoms with Crippen molar-refractivity contribution in [2.24, 2.45) is 0 Å². The maximum absolute atomic E-state index is 13.1. The first kappa shape index (κ1) is 23.3. The normalized spacial score (nSPS) is 18.2. The molecule has 2 atom stereocenters. The Labute approximate surface area is 181 Å². The maximum Gasteiger partial charge on any atom is 0.243 e. The van der Waals surface area contributed by atoms with Crippen LogP contribution in [0.2, 0.25) is 0 Å². The molecule has 0 aliphatic carbocycles. The Morgan fingerprint density at radius 3 is 2.10 bits per heavy atom. The molecule has 9 heteroatoms. The van der Waals surface area contributed by atoms with E-state index in [0.29, 0.717) is 26.1 Å². The average Bonchev–Trinajstić information content (AvgIpc) is 3.00. The minimum atomic E-state index is -3.72. The zero-order chi connectivity index (χ0) is 22.6. The van der Waals surface area contributed by atoms with Crippen molar-refractivity contribution in [2.75, 3.05) is 26.2 Å². The average molecular weight is 452 g/mol. The van der Waals surface area contributed by atoms with Gasteiger partial charge in [-0.2, -0.15) is 4.31 Å². The van der Waals surface area contributed by atoms with Crippen molar-refractivity contribution >= 4 is 15.9 Å². The van der Waals surface area contributed by atoms with E-state index in [1.807, 2.05) is 11.8 Å². The van der Waals surface area contributed by atoms with Gasteiger partial charge in [0.05, 0.1) is 17.0 Å². The number of halogens is 2. The molecule has 1 N–H and O–H groups in total. The molecule has 1 aliphatic rings. The van der Waals surface area contributed by atoms with Crippen LogP contribution in [-0.2, 0) is 14.8 Å². The number of nitrogens with zero attached hydrogens (tertiary/aromatic N) is 2. The van der Waals surface area contributed by atoms with E-state index in [2.05, 4.69) is 5.32 Å². The Morgan fingerprint density at radius 1 is 0.903 bits per heavy atom. The molecule has 0 bridgehead atoms. The molecule has 1 amide bonds. The van der Waals surface area contributed by atoms with E-state index in [9.17, 15) is 22.0 Å². The minimum Gasteiger partial charge on any atom is -0.348 e. The van der Waals surface area contributed by atoms with E-state index in [1.54, 1.807) is 19.1 Å². The topological polar surface area (TPSA) is 69.7 Å². The van der Waals surface area contributed by atoms with Crippen molar-refractivity contribution in [2.45, 2.75) is 37.2 Å². The molecule has 0 aromatic heterocycles. The molecule has 0 spiro atoms. The van der Waals surface area contributed by atoms with Gasteiger partial charge in [0.15, 0.2) is 0 Å². The number of sulfonamides is 1. The van der Waals surface area contributed by atoms with Gasteiger partial charge in [-0.25, -0.2) is 17.2 Å². The fraction of sp³-hybridized carbons (Fsp3) is 0.409. The number of rotatable bonds is 6. The molecule has 1 aliphatic heterocycles. The van der Waals surface area contributed by atoms with Gasteiger partial charge in [-0.05, 0) is 62.2 Å². The van der Waals surface area contributed by atoms with Crippen LogP contribution in [0.15, 0.2) is 53.4 Å². The highest BCUT2D eigenvalue weighted by Crippen LogP contribution is 2.19. The lowest BCUT2D eigenvalue weighted by Crippen LogP contribution is -2.47. The summed E-state index contributed by atoms with van der Waals surface area (Å²) < 4.78 is 53.4. The third-order valence-corrected chi connectivity index (χ3v) is 7.51. The van der Waals surface area contributed by atoms with Crippen molar-refractivity contribution < 1.29 is 22.0 Å². The van der Waals surface area contributed by atoms with E-state index in [-0.39, 0.29) is 29.2 Å². The number of carbonyl (C=O) groups is 1. The molecule has 1 fully saturated rings. The molecule has 2 aromatic rings. The van der Waals surface area contributed by atoms with E-state index >= 15 is 0 Å². The monoisotopic (exact) mass is 451 g/mol. The fourth-order valence-corrected chi connectivity index (χ4v) is 5.10. The maximum atomic E-state index is 13.1. The third-order valence-electron chi connectivity index (χ3n) is 5.60. The van der Waals surface area contributed by atoms with Crippen LogP contribution < -0.4 is 5.32 Å². The third kappa shape index (κ3) is 5.66. The summed E-state index contributed by atoms with van der Waals surface area (Å²) in [6.45, 7) is 5.17. The van der Waals surface area contributed by atoms with Crippen molar-refractivity contribution in [1.82, 2.24) is 14.5 Å². The first-order valence-corrected chi connectivity index (χ1v) is 11.7. The lowest BCUT2D eigenvalue weighted by atomic mass is 10.1. The fourth-order valence-electron chi connectivity index (χ4n) is 3.63. The first-order chi connectivity index (χ1) is 14.7. The highest BCUT2D eigenvalue weighted by atomic mass is 32.2. The van der Waals surface area contributed by atoms with Crippen LogP contribution in [0.3, 0.4) is 0 Å². The number of carbonyl (C=O) groups excluding carboxylic acids is 1. The summed E-state index contributed by atoms with van der Waals surface area (Å²) in [6.07, 6.45) is 0.575. The predicted molar refractivity (Wildman–Crippen MR) is 114 cm³/mol. The Bertz CT molecular complexity index is 998. The van der Waals surface area contributed by atoms with Gasteiger partial charge < -0.3 is 5.32 Å². The lowest BCUT2D eigenvalue weighted by molar-refractivity contribution is -0.126. The number of nitrogens with one attached hydrogen (secondary N) is 1. The molecule has 0 radical (unpaired) electrons. The number of benzene rings is 2. The second-order valence-electron chi connectivity index (χ2n) is 7.71. The molecular weight excluding hydrogens is 424 g/mol. The van der Waals surface area contributed by atoms with Crippen LogP contribution in [-0.4, -0.2) is 55.8 Å². The highest BCUT2D eigenvalue weighted by Gasteiger charge is 2.30. The molecule has 0 unspecified atom stereocenters. The summed E-state index contributed by atoms with van der Waals surface area (Å²) in [5, 5.41) is 2.94. The Kier molecular flexibility index (Phi) is 7.40. The largest absolute Gasteiger partial charge is 0.348 e. The van der Waals surface area contributed by atoms with Crippen LogP contribution in [0.4, 0.5) is 8.78 Å². The summed E-state index contributed by atoms with van der Waals surface area (Å²) in [4.78, 5) is 14.8. The summed E-state index contributed by atoms with van der Waals surface area (Å²) >= 11 is 0. The molecular formula is C22H27F2N3O3S. The van der Waals surface area contributed by atoms with Gasteiger partial charge in [-0.3, -0.25) is 9.69 Å². The smallest absolute Gasteiger partial charge is 0.243 e. The van der Waals surface area contributed by atoms with E-state index in [1.165, 1.54) is 28.6 Å². The molecule has 168 valence electrons. The number of hydrogen-bond donors (Lipinski definition) is 1. The van der Waals surface area contributed by atoms with Gasteiger partial charge in [-0.15, -0.1) is 0 Å². The van der Waals surface area contributed by atoms with Crippen LogP contribution in [0.5, 0.6) is 0 Å². The summed E-state index contributed by atoms with van der Waals surface area (Å²) in [5.41, 5.74) is 0.800. The Hall–Kier alpha value is -2.36. The van der Waals surface area contributed by atoms with Crippen LogP contribution in [0.25, 0.3) is 0 Å². The Morgan fingerprint density at radius 2 is 1.48 bits per heavy atom. The van der Waals surface area contributed by atoms with Crippen LogP contribution in [0, 0.1) is 11.6 Å². The highest BCUT2D eigenvalue weighted by molar-refractivity contribution is 7.89. The zero-order valence-electron chi connectivity index (χ0n) is 17.6. The summed E-state index contributed by atoms with van der Waals surface area (Å²) in [5.74, 6) is -0.997. The lowest BCUT2D eigenvalue weighted by Gasteiger charge is -2.28. The van der Waals surface area contributed by atoms with Gasteiger partial charge in [0.1, 0.15) is 11.6 Å². The van der Waals surface area contributed by atoms with Crippen molar-refractivity contribution in [1.29, 1.82) is 0 Å². The summed E-state index contributed by atoms with van der Waals surface area (Å²) in [6, 6.07) is 10.0. The minimum absolute atomic E-state index is 0.0567. The predicted octanol–water partition coefficient (Wildman–Crippen LogP) is 2.93. The van der Waals surface area contributed by atoms with Gasteiger partial charge >= 0.3 is 0 Å². The molecule has 2 aromatic carbocycles. The first-order valence-electron chi connectivity index (χ1n) is 10.2. The van der Waals surface area contributed by atoms with Crippen molar-refractivity contribution in [3.05, 3.63) is 65.7 Å². The van der Waals surface area contributed by atoms with E-state index < -0.39 is 21.9 Å². The van der Waals surface area contributed by atoms with Crippen LogP contribution in [0.1, 0.15) is 31.9 Å². The second-order valence-corrected chi connectivity index (χ2v) is 9.64. The van der Waals surface area contributed by atoms with Crippen LogP contribution >= 0.6 is 0 Å². The Balaban J connectivity index is 1.61. The number of hydrogen-bond acceptors (Lipinski definition) is 4. The van der Waals surface area contributed by atoms with E-state index in [4.69, 9.17) is 0 Å².